The van der Waals surface area contributed by atoms with Crippen LogP contribution in [0, 0.1) is 8.99 Å². The van der Waals surface area contributed by atoms with E-state index in [4.69, 9.17) is 0 Å². The van der Waals surface area contributed by atoms with Crippen molar-refractivity contribution in [2.45, 2.75) is 45.6 Å². The smallest absolute Gasteiger partial charge is 0.252 e. The van der Waals surface area contributed by atoms with Crippen LogP contribution < -0.4 is 5.32 Å². The van der Waals surface area contributed by atoms with Gasteiger partial charge in [-0.1, -0.05) is 13.8 Å². The minimum atomic E-state index is 0.0371. The Balaban J connectivity index is 2.00. The highest BCUT2D eigenvalue weighted by Crippen LogP contribution is 2.35. The first-order valence-electron chi connectivity index (χ1n) is 6.63. The van der Waals surface area contributed by atoms with Crippen molar-refractivity contribution in [3.05, 3.63) is 31.8 Å². The largest absolute Gasteiger partial charge is 0.349 e. The van der Waals surface area contributed by atoms with E-state index in [1.54, 1.807) is 0 Å². The summed E-state index contributed by atoms with van der Waals surface area (Å²) in [5.74, 6) is 0.0371. The van der Waals surface area contributed by atoms with Crippen molar-refractivity contribution < 1.29 is 4.79 Å². The van der Waals surface area contributed by atoms with Crippen molar-refractivity contribution in [1.29, 1.82) is 0 Å². The molecule has 2 nitrogen and oxygen atoms in total. The van der Waals surface area contributed by atoms with Gasteiger partial charge >= 0.3 is 0 Å². The minimum Gasteiger partial charge on any atom is -0.349 e. The molecule has 104 valence electrons. The van der Waals surface area contributed by atoms with E-state index in [2.05, 4.69) is 57.7 Å². The molecule has 4 heteroatoms. The highest BCUT2D eigenvalue weighted by Gasteiger charge is 2.27. The molecular weight excluding hydrogens is 417 g/mol. The zero-order chi connectivity index (χ0) is 14.0. The molecule has 0 heterocycles. The van der Waals surface area contributed by atoms with Crippen LogP contribution in [0.25, 0.3) is 0 Å². The van der Waals surface area contributed by atoms with Gasteiger partial charge in [0.1, 0.15) is 0 Å². The van der Waals surface area contributed by atoms with Crippen molar-refractivity contribution in [2.75, 3.05) is 0 Å². The SMILES string of the molecule is CC1(C)CCC(NC(=O)c2cc(I)ccc2Br)CC1. The van der Waals surface area contributed by atoms with Crippen LogP contribution in [0.2, 0.25) is 0 Å². The fourth-order valence-corrected chi connectivity index (χ4v) is 3.40. The standard InChI is InChI=1S/C15H19BrINO/c1-15(2)7-5-11(6-8-15)18-14(19)12-9-10(17)3-4-13(12)16/h3-4,9,11H,5-8H2,1-2H3,(H,18,19). The topological polar surface area (TPSA) is 29.1 Å². The Kier molecular flexibility index (Phi) is 4.93. The number of amides is 1. The molecule has 2 rings (SSSR count). The molecule has 1 aliphatic rings. The third kappa shape index (κ3) is 4.18. The average molecular weight is 436 g/mol. The van der Waals surface area contributed by atoms with Crippen LogP contribution >= 0.6 is 38.5 Å². The second-order valence-electron chi connectivity index (χ2n) is 6.04. The third-order valence-electron chi connectivity index (χ3n) is 3.85. The van der Waals surface area contributed by atoms with Gasteiger partial charge in [0.25, 0.3) is 5.91 Å². The van der Waals surface area contributed by atoms with Crippen molar-refractivity contribution in [3.8, 4) is 0 Å². The maximum atomic E-state index is 12.3. The lowest BCUT2D eigenvalue weighted by atomic mass is 9.75. The first-order chi connectivity index (χ1) is 8.87. The molecule has 0 aliphatic heterocycles. The highest BCUT2D eigenvalue weighted by atomic mass is 127. The summed E-state index contributed by atoms with van der Waals surface area (Å²) in [6.07, 6.45) is 4.54. The number of carbonyl (C=O) groups excluding carboxylic acids is 1. The number of nitrogens with one attached hydrogen (secondary N) is 1. The van der Waals surface area contributed by atoms with Crippen LogP contribution in [-0.4, -0.2) is 11.9 Å². The van der Waals surface area contributed by atoms with Crippen LogP contribution in [0.3, 0.4) is 0 Å². The molecule has 19 heavy (non-hydrogen) atoms. The Morgan fingerprint density at radius 2 is 2.00 bits per heavy atom. The number of hydrogen-bond donors (Lipinski definition) is 1. The van der Waals surface area contributed by atoms with Gasteiger partial charge in [0.15, 0.2) is 0 Å². The summed E-state index contributed by atoms with van der Waals surface area (Å²) >= 11 is 5.68. The van der Waals surface area contributed by atoms with Crippen LogP contribution in [0.15, 0.2) is 22.7 Å². The Morgan fingerprint density at radius 3 is 2.63 bits per heavy atom. The molecule has 1 fully saturated rings. The van der Waals surface area contributed by atoms with Gasteiger partial charge in [-0.3, -0.25) is 4.79 Å². The maximum absolute atomic E-state index is 12.3. The maximum Gasteiger partial charge on any atom is 0.252 e. The van der Waals surface area contributed by atoms with E-state index in [0.717, 1.165) is 26.4 Å². The van der Waals surface area contributed by atoms with Crippen molar-refractivity contribution >= 4 is 44.4 Å². The quantitative estimate of drug-likeness (QED) is 0.667. The van der Waals surface area contributed by atoms with Gasteiger partial charge in [-0.2, -0.15) is 0 Å². The van der Waals surface area contributed by atoms with Gasteiger partial charge in [-0.05, 0) is 87.8 Å². The molecule has 1 saturated carbocycles. The van der Waals surface area contributed by atoms with E-state index in [0.29, 0.717) is 11.5 Å². The molecule has 1 aromatic rings. The van der Waals surface area contributed by atoms with Gasteiger partial charge in [0.05, 0.1) is 5.56 Å². The minimum absolute atomic E-state index is 0.0371. The van der Waals surface area contributed by atoms with Crippen molar-refractivity contribution in [3.63, 3.8) is 0 Å². The Morgan fingerprint density at radius 1 is 1.37 bits per heavy atom. The molecule has 1 amide bonds. The molecule has 0 aromatic heterocycles. The summed E-state index contributed by atoms with van der Waals surface area (Å²) in [5.41, 5.74) is 1.17. The van der Waals surface area contributed by atoms with E-state index < -0.39 is 0 Å². The summed E-state index contributed by atoms with van der Waals surface area (Å²) in [7, 11) is 0. The van der Waals surface area contributed by atoms with Crippen LogP contribution in [0.4, 0.5) is 0 Å². The highest BCUT2D eigenvalue weighted by molar-refractivity contribution is 14.1. The number of benzene rings is 1. The third-order valence-corrected chi connectivity index (χ3v) is 5.21. The predicted molar refractivity (Wildman–Crippen MR) is 90.4 cm³/mol. The Bertz CT molecular complexity index is 477. The van der Waals surface area contributed by atoms with Gasteiger partial charge in [-0.15, -0.1) is 0 Å². The lowest BCUT2D eigenvalue weighted by Crippen LogP contribution is -2.39. The summed E-state index contributed by atoms with van der Waals surface area (Å²) in [6, 6.07) is 6.17. The lowest BCUT2D eigenvalue weighted by Gasteiger charge is -2.34. The van der Waals surface area contributed by atoms with Gasteiger partial charge in [-0.25, -0.2) is 0 Å². The van der Waals surface area contributed by atoms with Gasteiger partial charge in [0, 0.05) is 14.1 Å². The summed E-state index contributed by atoms with van der Waals surface area (Å²) in [5, 5.41) is 3.17. The van der Waals surface area contributed by atoms with E-state index in [1.807, 2.05) is 18.2 Å². The normalized spacial score (nSPS) is 19.2. The van der Waals surface area contributed by atoms with Crippen LogP contribution in [0.5, 0.6) is 0 Å². The fourth-order valence-electron chi connectivity index (χ4n) is 2.48. The molecule has 0 unspecified atom stereocenters. The first kappa shape index (κ1) is 15.3. The Hall–Kier alpha value is -0.100. The zero-order valence-electron chi connectivity index (χ0n) is 11.3. The molecule has 1 N–H and O–H groups in total. The second kappa shape index (κ2) is 6.12. The summed E-state index contributed by atoms with van der Waals surface area (Å²) in [6.45, 7) is 4.61. The van der Waals surface area contributed by atoms with Gasteiger partial charge in [0.2, 0.25) is 0 Å². The number of carbonyl (C=O) groups is 1. The van der Waals surface area contributed by atoms with Crippen LogP contribution in [0.1, 0.15) is 49.9 Å². The van der Waals surface area contributed by atoms with Crippen molar-refractivity contribution in [1.82, 2.24) is 5.32 Å². The number of hydrogen-bond acceptors (Lipinski definition) is 1. The van der Waals surface area contributed by atoms with E-state index in [9.17, 15) is 4.79 Å². The van der Waals surface area contributed by atoms with E-state index in [1.165, 1.54) is 12.8 Å². The van der Waals surface area contributed by atoms with E-state index in [-0.39, 0.29) is 5.91 Å². The molecule has 0 saturated heterocycles. The summed E-state index contributed by atoms with van der Waals surface area (Å²) in [4.78, 5) is 12.3. The molecule has 1 aromatic carbocycles. The monoisotopic (exact) mass is 435 g/mol. The molecule has 0 atom stereocenters. The van der Waals surface area contributed by atoms with Gasteiger partial charge < -0.3 is 5.32 Å². The predicted octanol–water partition coefficient (Wildman–Crippen LogP) is 4.75. The van der Waals surface area contributed by atoms with Crippen LogP contribution in [-0.2, 0) is 0 Å². The average Bonchev–Trinajstić information content (AvgIpc) is 2.35. The summed E-state index contributed by atoms with van der Waals surface area (Å²) < 4.78 is 1.94. The first-order valence-corrected chi connectivity index (χ1v) is 8.50. The fraction of sp³-hybridized carbons (Fsp3) is 0.533. The molecule has 0 bridgehead atoms. The Labute approximate surface area is 137 Å². The molecule has 0 spiro atoms. The zero-order valence-corrected chi connectivity index (χ0v) is 15.0. The van der Waals surface area contributed by atoms with Crippen molar-refractivity contribution in [2.24, 2.45) is 5.41 Å². The number of rotatable bonds is 2. The second-order valence-corrected chi connectivity index (χ2v) is 8.14. The van der Waals surface area contributed by atoms with E-state index >= 15 is 0 Å². The lowest BCUT2D eigenvalue weighted by molar-refractivity contribution is 0.0908. The molecule has 1 aliphatic carbocycles. The molecular formula is C15H19BrINO. The number of halogens is 2. The molecule has 0 radical (unpaired) electrons.